The van der Waals surface area contributed by atoms with Crippen molar-refractivity contribution in [2.75, 3.05) is 11.5 Å². The number of esters is 1. The van der Waals surface area contributed by atoms with Gasteiger partial charge in [0.05, 0.1) is 17.9 Å². The number of amides is 4. The van der Waals surface area contributed by atoms with Gasteiger partial charge in [-0.15, -0.1) is 0 Å². The predicted octanol–water partition coefficient (Wildman–Crippen LogP) is 4.70. The third-order valence-corrected chi connectivity index (χ3v) is 6.10. The van der Waals surface area contributed by atoms with E-state index in [9.17, 15) is 19.2 Å². The van der Waals surface area contributed by atoms with E-state index in [2.05, 4.69) is 21.2 Å². The van der Waals surface area contributed by atoms with Gasteiger partial charge in [0.2, 0.25) is 0 Å². The Morgan fingerprint density at radius 2 is 1.74 bits per heavy atom. The number of carbonyl (C=O) groups excluding carboxylic acids is 4. The Hall–Kier alpha value is -3.98. The lowest BCUT2D eigenvalue weighted by Gasteiger charge is -2.26. The van der Waals surface area contributed by atoms with E-state index in [1.165, 1.54) is 6.08 Å². The van der Waals surface area contributed by atoms with Crippen molar-refractivity contribution >= 4 is 51.5 Å². The molecule has 1 aliphatic rings. The minimum Gasteiger partial charge on any atom is -0.462 e. The van der Waals surface area contributed by atoms with E-state index < -0.39 is 23.8 Å². The van der Waals surface area contributed by atoms with Gasteiger partial charge in [-0.05, 0) is 80.9 Å². The molecule has 3 aromatic rings. The second-order valence-electron chi connectivity index (χ2n) is 7.87. The largest absolute Gasteiger partial charge is 0.462 e. The van der Waals surface area contributed by atoms with E-state index >= 15 is 0 Å². The molecule has 4 rings (SSSR count). The van der Waals surface area contributed by atoms with Crippen LogP contribution in [0.5, 0.6) is 0 Å². The number of rotatable bonds is 5. The quantitative estimate of drug-likeness (QED) is 0.290. The maximum atomic E-state index is 13.2. The Morgan fingerprint density at radius 1 is 1.03 bits per heavy atom. The van der Waals surface area contributed by atoms with E-state index in [1.54, 1.807) is 49.4 Å². The standard InChI is InChI=1S/C26H22BrN3O5/c1-4-35-25(33)17-6-5-7-21(13-17)29-15(2)12-18(16(29)3)14-22-23(31)28-26(34)30(24(22)32)20-10-8-19(27)9-11-20/h5-14H,4H2,1-3H3,(H,28,31,34)/b22-14+. The molecule has 1 N–H and O–H groups in total. The third-order valence-electron chi connectivity index (χ3n) is 5.57. The lowest BCUT2D eigenvalue weighted by atomic mass is 10.1. The van der Waals surface area contributed by atoms with Gasteiger partial charge in [0.15, 0.2) is 0 Å². The Kier molecular flexibility index (Phi) is 6.70. The predicted molar refractivity (Wildman–Crippen MR) is 134 cm³/mol. The van der Waals surface area contributed by atoms with Gasteiger partial charge in [-0.3, -0.25) is 14.9 Å². The Labute approximate surface area is 210 Å². The van der Waals surface area contributed by atoms with Gasteiger partial charge in [0.1, 0.15) is 5.57 Å². The molecule has 1 aromatic heterocycles. The van der Waals surface area contributed by atoms with Crippen LogP contribution >= 0.6 is 15.9 Å². The van der Waals surface area contributed by atoms with Gasteiger partial charge >= 0.3 is 12.0 Å². The van der Waals surface area contributed by atoms with Crippen LogP contribution in [0, 0.1) is 13.8 Å². The minimum absolute atomic E-state index is 0.159. The van der Waals surface area contributed by atoms with Crippen LogP contribution in [0.25, 0.3) is 11.8 Å². The zero-order valence-electron chi connectivity index (χ0n) is 19.3. The summed E-state index contributed by atoms with van der Waals surface area (Å²) >= 11 is 3.32. The molecule has 0 spiro atoms. The summed E-state index contributed by atoms with van der Waals surface area (Å²) in [7, 11) is 0. The first-order valence-corrected chi connectivity index (χ1v) is 11.6. The lowest BCUT2D eigenvalue weighted by Crippen LogP contribution is -2.54. The number of nitrogens with one attached hydrogen (secondary N) is 1. The van der Waals surface area contributed by atoms with Gasteiger partial charge in [-0.25, -0.2) is 14.5 Å². The number of nitrogens with zero attached hydrogens (tertiary/aromatic N) is 2. The molecule has 8 nitrogen and oxygen atoms in total. The fourth-order valence-corrected chi connectivity index (χ4v) is 4.22. The highest BCUT2D eigenvalue weighted by Gasteiger charge is 2.37. The second kappa shape index (κ2) is 9.71. The van der Waals surface area contributed by atoms with Crippen molar-refractivity contribution in [3.8, 4) is 5.69 Å². The first kappa shape index (κ1) is 24.2. The van der Waals surface area contributed by atoms with Gasteiger partial charge < -0.3 is 9.30 Å². The fraction of sp³-hybridized carbons (Fsp3) is 0.154. The van der Waals surface area contributed by atoms with Crippen molar-refractivity contribution in [1.82, 2.24) is 9.88 Å². The monoisotopic (exact) mass is 535 g/mol. The second-order valence-corrected chi connectivity index (χ2v) is 8.78. The maximum Gasteiger partial charge on any atom is 0.338 e. The molecular weight excluding hydrogens is 514 g/mol. The van der Waals surface area contributed by atoms with Gasteiger partial charge in [0, 0.05) is 21.5 Å². The molecule has 0 saturated carbocycles. The molecule has 0 radical (unpaired) electrons. The number of anilines is 1. The van der Waals surface area contributed by atoms with Crippen LogP contribution < -0.4 is 10.2 Å². The van der Waals surface area contributed by atoms with Crippen molar-refractivity contribution in [2.24, 2.45) is 0 Å². The molecule has 178 valence electrons. The normalized spacial score (nSPS) is 14.9. The number of aromatic nitrogens is 1. The molecule has 2 aromatic carbocycles. The van der Waals surface area contributed by atoms with Crippen molar-refractivity contribution in [3.05, 3.63) is 87.2 Å². The Balaban J connectivity index is 1.73. The number of hydrogen-bond donors (Lipinski definition) is 1. The van der Waals surface area contributed by atoms with Crippen LogP contribution in [0.3, 0.4) is 0 Å². The van der Waals surface area contributed by atoms with E-state index in [1.807, 2.05) is 30.5 Å². The van der Waals surface area contributed by atoms with Gasteiger partial charge in [0.25, 0.3) is 11.8 Å². The summed E-state index contributed by atoms with van der Waals surface area (Å²) in [5, 5.41) is 2.24. The van der Waals surface area contributed by atoms with E-state index in [4.69, 9.17) is 4.74 Å². The molecule has 9 heteroatoms. The van der Waals surface area contributed by atoms with Crippen molar-refractivity contribution in [1.29, 1.82) is 0 Å². The molecule has 0 unspecified atom stereocenters. The molecule has 35 heavy (non-hydrogen) atoms. The zero-order valence-corrected chi connectivity index (χ0v) is 20.9. The van der Waals surface area contributed by atoms with Crippen LogP contribution in [-0.2, 0) is 14.3 Å². The van der Waals surface area contributed by atoms with E-state index in [0.717, 1.165) is 26.4 Å². The molecule has 4 amide bonds. The number of imide groups is 2. The van der Waals surface area contributed by atoms with Crippen LogP contribution in [0.15, 0.2) is 64.6 Å². The SMILES string of the molecule is CCOC(=O)c1cccc(-n2c(C)cc(/C=C3\C(=O)NC(=O)N(c4ccc(Br)cc4)C3=O)c2C)c1. The van der Waals surface area contributed by atoms with E-state index in [-0.39, 0.29) is 12.2 Å². The highest BCUT2D eigenvalue weighted by Crippen LogP contribution is 2.27. The van der Waals surface area contributed by atoms with Gasteiger partial charge in [-0.2, -0.15) is 0 Å². The lowest BCUT2D eigenvalue weighted by molar-refractivity contribution is -0.122. The number of halogens is 1. The smallest absolute Gasteiger partial charge is 0.338 e. The van der Waals surface area contributed by atoms with Crippen LogP contribution in [0.2, 0.25) is 0 Å². The van der Waals surface area contributed by atoms with Crippen LogP contribution in [0.4, 0.5) is 10.5 Å². The summed E-state index contributed by atoms with van der Waals surface area (Å²) in [5.41, 5.74) is 3.56. The molecule has 2 heterocycles. The molecular formula is C26H22BrN3O5. The highest BCUT2D eigenvalue weighted by atomic mass is 79.9. The molecule has 0 atom stereocenters. The summed E-state index contributed by atoms with van der Waals surface area (Å²) in [6.07, 6.45) is 1.48. The van der Waals surface area contributed by atoms with Crippen LogP contribution in [-0.4, -0.2) is 35.0 Å². The number of barbiturate groups is 1. The molecule has 0 aliphatic carbocycles. The van der Waals surface area contributed by atoms with Crippen molar-refractivity contribution < 1.29 is 23.9 Å². The minimum atomic E-state index is -0.805. The first-order valence-electron chi connectivity index (χ1n) is 10.8. The zero-order chi connectivity index (χ0) is 25.3. The maximum absolute atomic E-state index is 13.2. The summed E-state index contributed by atoms with van der Waals surface area (Å²) < 4.78 is 7.80. The molecule has 1 saturated heterocycles. The van der Waals surface area contributed by atoms with Crippen LogP contribution in [0.1, 0.15) is 34.2 Å². The first-order chi connectivity index (χ1) is 16.7. The average molecular weight is 536 g/mol. The molecule has 0 bridgehead atoms. The molecule has 1 fully saturated rings. The topological polar surface area (TPSA) is 97.7 Å². The van der Waals surface area contributed by atoms with Crippen molar-refractivity contribution in [3.63, 3.8) is 0 Å². The van der Waals surface area contributed by atoms with Gasteiger partial charge in [-0.1, -0.05) is 22.0 Å². The Bertz CT molecular complexity index is 1390. The third kappa shape index (κ3) is 4.67. The summed E-state index contributed by atoms with van der Waals surface area (Å²) in [6, 6.07) is 14.7. The van der Waals surface area contributed by atoms with Crippen molar-refractivity contribution in [2.45, 2.75) is 20.8 Å². The van der Waals surface area contributed by atoms with E-state index in [0.29, 0.717) is 16.8 Å². The molecule has 1 aliphatic heterocycles. The summed E-state index contributed by atoms with van der Waals surface area (Å²) in [5.74, 6) is -1.89. The number of benzene rings is 2. The fourth-order valence-electron chi connectivity index (χ4n) is 3.96. The summed E-state index contributed by atoms with van der Waals surface area (Å²) in [6.45, 7) is 5.75. The Morgan fingerprint density at radius 3 is 2.43 bits per heavy atom. The number of aryl methyl sites for hydroxylation is 1. The average Bonchev–Trinajstić information content (AvgIpc) is 3.10. The highest BCUT2D eigenvalue weighted by molar-refractivity contribution is 9.10. The number of carbonyl (C=O) groups is 4. The number of ether oxygens (including phenoxy) is 1. The summed E-state index contributed by atoms with van der Waals surface area (Å²) in [4.78, 5) is 51.3. The number of urea groups is 1. The number of hydrogen-bond acceptors (Lipinski definition) is 5.